The summed E-state index contributed by atoms with van der Waals surface area (Å²) in [5, 5.41) is 2.89. The van der Waals surface area contributed by atoms with Crippen LogP contribution in [0.5, 0.6) is 11.5 Å². The van der Waals surface area contributed by atoms with Gasteiger partial charge in [0.05, 0.1) is 24.8 Å². The molecular weight excluding hydrogens is 530 g/mol. The zero-order chi connectivity index (χ0) is 29.3. The Hall–Kier alpha value is -4.05. The molecule has 2 amide bonds. The van der Waals surface area contributed by atoms with Gasteiger partial charge >= 0.3 is 0 Å². The number of anilines is 1. The summed E-state index contributed by atoms with van der Waals surface area (Å²) in [4.78, 5) is 28.7. The Balaban J connectivity index is 2.09. The van der Waals surface area contributed by atoms with Gasteiger partial charge in [0, 0.05) is 18.7 Å². The van der Waals surface area contributed by atoms with Gasteiger partial charge < -0.3 is 19.7 Å². The molecule has 0 aromatic heterocycles. The maximum absolute atomic E-state index is 14.1. The molecule has 0 fully saturated rings. The Morgan fingerprint density at radius 3 is 2.02 bits per heavy atom. The largest absolute Gasteiger partial charge is 0.493 e. The summed E-state index contributed by atoms with van der Waals surface area (Å²) < 4.78 is 39.6. The van der Waals surface area contributed by atoms with Crippen molar-refractivity contribution in [3.63, 3.8) is 0 Å². The number of hydrogen-bond acceptors (Lipinski definition) is 6. The van der Waals surface area contributed by atoms with Gasteiger partial charge in [0.25, 0.3) is 10.0 Å². The van der Waals surface area contributed by atoms with Crippen molar-refractivity contribution in [2.45, 2.75) is 50.7 Å². The Kier molecular flexibility index (Phi) is 10.6. The van der Waals surface area contributed by atoms with Crippen LogP contribution in [0.4, 0.5) is 5.69 Å². The topological polar surface area (TPSA) is 105 Å². The van der Waals surface area contributed by atoms with Crippen molar-refractivity contribution in [2.24, 2.45) is 0 Å². The van der Waals surface area contributed by atoms with E-state index in [9.17, 15) is 18.0 Å². The molecule has 0 aliphatic heterocycles. The highest BCUT2D eigenvalue weighted by Gasteiger charge is 2.34. The van der Waals surface area contributed by atoms with E-state index in [4.69, 9.17) is 9.47 Å². The predicted molar refractivity (Wildman–Crippen MR) is 155 cm³/mol. The number of nitrogens with one attached hydrogen (secondary N) is 1. The Bertz CT molecular complexity index is 1380. The average molecular weight is 568 g/mol. The van der Waals surface area contributed by atoms with Gasteiger partial charge in [-0.25, -0.2) is 8.42 Å². The summed E-state index contributed by atoms with van der Waals surface area (Å²) in [5.74, 6) is -0.101. The maximum atomic E-state index is 14.1. The average Bonchev–Trinajstić information content (AvgIpc) is 2.95. The summed E-state index contributed by atoms with van der Waals surface area (Å²) in [5.41, 5.74) is 1.03. The molecule has 0 saturated heterocycles. The van der Waals surface area contributed by atoms with Crippen LogP contribution in [0.2, 0.25) is 0 Å². The number of carbonyl (C=O) groups is 2. The summed E-state index contributed by atoms with van der Waals surface area (Å²) in [6.45, 7) is 5.11. The zero-order valence-corrected chi connectivity index (χ0v) is 24.4. The van der Waals surface area contributed by atoms with Crippen molar-refractivity contribution in [3.05, 3.63) is 84.4 Å². The SMILES string of the molecule is CC[C@H](C(=O)NC(C)C)N(Cc1ccccc1)C(=O)CN(c1ccc(OC)c(OC)c1)S(=O)(=O)c1ccccc1. The summed E-state index contributed by atoms with van der Waals surface area (Å²) in [7, 11) is -1.25. The molecule has 1 atom stereocenters. The quantitative estimate of drug-likeness (QED) is 0.332. The van der Waals surface area contributed by atoms with Crippen molar-refractivity contribution in [3.8, 4) is 11.5 Å². The van der Waals surface area contributed by atoms with Crippen LogP contribution in [-0.4, -0.2) is 58.0 Å². The minimum atomic E-state index is -4.18. The highest BCUT2D eigenvalue weighted by molar-refractivity contribution is 7.92. The van der Waals surface area contributed by atoms with E-state index in [2.05, 4.69) is 5.32 Å². The second-order valence-electron chi connectivity index (χ2n) is 9.46. The van der Waals surface area contributed by atoms with Gasteiger partial charge in [-0.1, -0.05) is 55.5 Å². The number of sulfonamides is 1. The molecule has 0 saturated carbocycles. The number of ether oxygens (including phenoxy) is 2. The molecule has 3 aromatic rings. The second-order valence-corrected chi connectivity index (χ2v) is 11.3. The molecule has 3 aromatic carbocycles. The predicted octanol–water partition coefficient (Wildman–Crippen LogP) is 4.23. The Morgan fingerprint density at radius 1 is 0.875 bits per heavy atom. The molecule has 10 heteroatoms. The van der Waals surface area contributed by atoms with Crippen LogP contribution in [0.1, 0.15) is 32.8 Å². The van der Waals surface area contributed by atoms with Gasteiger partial charge in [0.2, 0.25) is 11.8 Å². The first kappa shape index (κ1) is 30.5. The van der Waals surface area contributed by atoms with Crippen LogP contribution < -0.4 is 19.1 Å². The van der Waals surface area contributed by atoms with Crippen LogP contribution in [-0.2, 0) is 26.2 Å². The van der Waals surface area contributed by atoms with E-state index in [1.165, 1.54) is 37.3 Å². The van der Waals surface area contributed by atoms with Crippen LogP contribution >= 0.6 is 0 Å². The number of methoxy groups -OCH3 is 2. The molecule has 0 aliphatic rings. The minimum absolute atomic E-state index is 0.0248. The van der Waals surface area contributed by atoms with Crippen molar-refractivity contribution in [1.29, 1.82) is 0 Å². The van der Waals surface area contributed by atoms with Crippen molar-refractivity contribution in [2.75, 3.05) is 25.1 Å². The molecule has 0 unspecified atom stereocenters. The fraction of sp³-hybridized carbons (Fsp3) is 0.333. The lowest BCUT2D eigenvalue weighted by Gasteiger charge is -2.33. The van der Waals surface area contributed by atoms with Gasteiger partial charge in [-0.2, -0.15) is 0 Å². The maximum Gasteiger partial charge on any atom is 0.264 e. The first-order chi connectivity index (χ1) is 19.1. The number of hydrogen-bond donors (Lipinski definition) is 1. The number of nitrogens with zero attached hydrogens (tertiary/aromatic N) is 2. The minimum Gasteiger partial charge on any atom is -0.493 e. The zero-order valence-electron chi connectivity index (χ0n) is 23.5. The van der Waals surface area contributed by atoms with Gasteiger partial charge in [-0.05, 0) is 50.1 Å². The number of benzene rings is 3. The van der Waals surface area contributed by atoms with Crippen molar-refractivity contribution < 1.29 is 27.5 Å². The van der Waals surface area contributed by atoms with Crippen LogP contribution in [0.25, 0.3) is 0 Å². The highest BCUT2D eigenvalue weighted by Crippen LogP contribution is 2.34. The lowest BCUT2D eigenvalue weighted by molar-refractivity contribution is -0.140. The van der Waals surface area contributed by atoms with E-state index in [1.54, 1.807) is 30.3 Å². The lowest BCUT2D eigenvalue weighted by Crippen LogP contribution is -2.53. The van der Waals surface area contributed by atoms with Crippen molar-refractivity contribution in [1.82, 2.24) is 10.2 Å². The molecule has 0 heterocycles. The monoisotopic (exact) mass is 567 g/mol. The lowest BCUT2D eigenvalue weighted by atomic mass is 10.1. The standard InChI is InChI=1S/C30H37N3O6S/c1-6-26(30(35)31-22(2)3)32(20-23-13-9-7-10-14-23)29(34)21-33(40(36,37)25-15-11-8-12-16-25)24-17-18-27(38-4)28(19-24)39-5/h7-19,22,26H,6,20-21H2,1-5H3,(H,31,35)/t26-/m1/s1. The summed E-state index contributed by atoms with van der Waals surface area (Å²) in [6, 6.07) is 20.9. The van der Waals surface area contributed by atoms with E-state index in [0.717, 1.165) is 9.87 Å². The van der Waals surface area contributed by atoms with E-state index >= 15 is 0 Å². The molecule has 0 bridgehead atoms. The van der Waals surface area contributed by atoms with Crippen molar-refractivity contribution >= 4 is 27.5 Å². The van der Waals surface area contributed by atoms with Gasteiger partial charge in [-0.15, -0.1) is 0 Å². The van der Waals surface area contributed by atoms with Crippen LogP contribution in [0.15, 0.2) is 83.8 Å². The fourth-order valence-corrected chi connectivity index (χ4v) is 5.74. The van der Waals surface area contributed by atoms with Gasteiger partial charge in [0.15, 0.2) is 11.5 Å². The first-order valence-electron chi connectivity index (χ1n) is 13.1. The molecule has 214 valence electrons. The fourth-order valence-electron chi connectivity index (χ4n) is 4.31. The molecular formula is C30H37N3O6S. The number of carbonyl (C=O) groups excluding carboxylic acids is 2. The highest BCUT2D eigenvalue weighted by atomic mass is 32.2. The smallest absolute Gasteiger partial charge is 0.264 e. The normalized spacial score (nSPS) is 11.9. The third-order valence-corrected chi connectivity index (χ3v) is 8.07. The van der Waals surface area contributed by atoms with Gasteiger partial charge in [0.1, 0.15) is 12.6 Å². The Morgan fingerprint density at radius 2 is 1.48 bits per heavy atom. The molecule has 0 aliphatic carbocycles. The molecule has 9 nitrogen and oxygen atoms in total. The third-order valence-electron chi connectivity index (χ3n) is 6.28. The second kappa shape index (κ2) is 13.8. The van der Waals surface area contributed by atoms with E-state index < -0.39 is 28.5 Å². The molecule has 0 spiro atoms. The molecule has 40 heavy (non-hydrogen) atoms. The molecule has 3 rings (SSSR count). The third kappa shape index (κ3) is 7.32. The van der Waals surface area contributed by atoms with E-state index in [1.807, 2.05) is 51.1 Å². The molecule has 1 N–H and O–H groups in total. The number of rotatable bonds is 13. The Labute approximate surface area is 236 Å². The van der Waals surface area contributed by atoms with Crippen LogP contribution in [0, 0.1) is 0 Å². The summed E-state index contributed by atoms with van der Waals surface area (Å²) in [6.07, 6.45) is 0.346. The first-order valence-corrected chi connectivity index (χ1v) is 14.5. The molecule has 0 radical (unpaired) electrons. The summed E-state index contributed by atoms with van der Waals surface area (Å²) >= 11 is 0. The number of amides is 2. The van der Waals surface area contributed by atoms with Crippen LogP contribution in [0.3, 0.4) is 0 Å². The van der Waals surface area contributed by atoms with Gasteiger partial charge in [-0.3, -0.25) is 13.9 Å². The van der Waals surface area contributed by atoms with E-state index in [0.29, 0.717) is 17.9 Å². The van der Waals surface area contributed by atoms with E-state index in [-0.39, 0.29) is 29.1 Å².